The lowest BCUT2D eigenvalue weighted by atomic mass is 9.95. The first-order valence-electron chi connectivity index (χ1n) is 6.18. The van der Waals surface area contributed by atoms with E-state index in [1.807, 2.05) is 6.92 Å². The fourth-order valence-electron chi connectivity index (χ4n) is 1.68. The lowest BCUT2D eigenvalue weighted by Crippen LogP contribution is -2.41. The normalized spacial score (nSPS) is 13.9. The van der Waals surface area contributed by atoms with E-state index in [-0.39, 0.29) is 24.9 Å². The molecule has 1 rings (SSSR count). The molecule has 4 nitrogen and oxygen atoms in total. The van der Waals surface area contributed by atoms with Gasteiger partial charge >= 0.3 is 0 Å². The molecule has 19 heavy (non-hydrogen) atoms. The largest absolute Gasteiger partial charge is 0.372 e. The number of rotatable bonds is 7. The Morgan fingerprint density at radius 2 is 2.11 bits per heavy atom. The van der Waals surface area contributed by atoms with Crippen LogP contribution in [0.2, 0.25) is 0 Å². The van der Waals surface area contributed by atoms with Crippen molar-refractivity contribution in [2.45, 2.75) is 19.4 Å². The first kappa shape index (κ1) is 15.6. The fraction of sp³-hybridized carbons (Fsp3) is 0.500. The topological polar surface area (TPSA) is 47.6 Å². The highest BCUT2D eigenvalue weighted by molar-refractivity contribution is 5.77. The Kier molecular flexibility index (Phi) is 5.92. The van der Waals surface area contributed by atoms with Gasteiger partial charge < -0.3 is 14.8 Å². The summed E-state index contributed by atoms with van der Waals surface area (Å²) in [6.45, 7) is 4.18. The number of methoxy groups -OCH3 is 1. The standard InChI is InChI=1S/C14H20FNO3/c1-4-19-9-13(17)16-10-14(2,18-3)11-7-5-6-8-12(11)15/h5-8H,4,9-10H2,1-3H3,(H,16,17)/t14-/m1/s1. The van der Waals surface area contributed by atoms with Crippen molar-refractivity contribution in [3.05, 3.63) is 35.6 Å². The van der Waals surface area contributed by atoms with Crippen molar-refractivity contribution in [2.75, 3.05) is 26.9 Å². The summed E-state index contributed by atoms with van der Waals surface area (Å²) in [6.07, 6.45) is 0. The number of ether oxygens (including phenoxy) is 2. The Hall–Kier alpha value is -1.46. The van der Waals surface area contributed by atoms with Crippen LogP contribution in [0.1, 0.15) is 19.4 Å². The first-order valence-corrected chi connectivity index (χ1v) is 6.18. The Morgan fingerprint density at radius 1 is 1.42 bits per heavy atom. The van der Waals surface area contributed by atoms with E-state index < -0.39 is 5.60 Å². The van der Waals surface area contributed by atoms with Crippen molar-refractivity contribution in [2.24, 2.45) is 0 Å². The molecule has 0 saturated heterocycles. The molecule has 0 aliphatic carbocycles. The highest BCUT2D eigenvalue weighted by Gasteiger charge is 2.29. The van der Waals surface area contributed by atoms with Crippen LogP contribution in [0, 0.1) is 5.82 Å². The summed E-state index contributed by atoms with van der Waals surface area (Å²) in [6, 6.07) is 6.36. The molecule has 0 aromatic heterocycles. The van der Waals surface area contributed by atoms with Crippen molar-refractivity contribution in [1.82, 2.24) is 5.32 Å². The second kappa shape index (κ2) is 7.21. The zero-order chi connectivity index (χ0) is 14.3. The second-order valence-electron chi connectivity index (χ2n) is 4.33. The quantitative estimate of drug-likeness (QED) is 0.821. The van der Waals surface area contributed by atoms with Crippen LogP contribution >= 0.6 is 0 Å². The zero-order valence-corrected chi connectivity index (χ0v) is 11.5. The van der Waals surface area contributed by atoms with Crippen LogP contribution in [0.5, 0.6) is 0 Å². The van der Waals surface area contributed by atoms with Crippen molar-refractivity contribution in [3.8, 4) is 0 Å². The van der Waals surface area contributed by atoms with Gasteiger partial charge in [0.15, 0.2) is 0 Å². The molecule has 1 aromatic rings. The van der Waals surface area contributed by atoms with E-state index in [0.29, 0.717) is 12.2 Å². The predicted molar refractivity (Wildman–Crippen MR) is 70.3 cm³/mol. The minimum absolute atomic E-state index is 0.00638. The number of carbonyl (C=O) groups is 1. The van der Waals surface area contributed by atoms with Gasteiger partial charge in [0.2, 0.25) is 5.91 Å². The summed E-state index contributed by atoms with van der Waals surface area (Å²) in [5.74, 6) is -0.604. The van der Waals surface area contributed by atoms with Gasteiger partial charge in [-0.1, -0.05) is 18.2 Å². The molecule has 1 atom stereocenters. The number of nitrogens with one attached hydrogen (secondary N) is 1. The summed E-state index contributed by atoms with van der Waals surface area (Å²) in [5, 5.41) is 2.68. The molecule has 0 saturated carbocycles. The summed E-state index contributed by atoms with van der Waals surface area (Å²) in [5.41, 5.74) is -0.498. The minimum atomic E-state index is -0.910. The van der Waals surface area contributed by atoms with E-state index in [4.69, 9.17) is 9.47 Å². The first-order chi connectivity index (χ1) is 9.03. The van der Waals surface area contributed by atoms with E-state index >= 15 is 0 Å². The van der Waals surface area contributed by atoms with Gasteiger partial charge in [-0.15, -0.1) is 0 Å². The van der Waals surface area contributed by atoms with Crippen LogP contribution in [0.3, 0.4) is 0 Å². The van der Waals surface area contributed by atoms with Crippen molar-refractivity contribution in [1.29, 1.82) is 0 Å². The van der Waals surface area contributed by atoms with Crippen LogP contribution in [0.15, 0.2) is 24.3 Å². The molecular formula is C14H20FNO3. The second-order valence-corrected chi connectivity index (χ2v) is 4.33. The maximum absolute atomic E-state index is 13.8. The van der Waals surface area contributed by atoms with Gasteiger partial charge in [0.05, 0.1) is 6.54 Å². The van der Waals surface area contributed by atoms with Crippen molar-refractivity contribution in [3.63, 3.8) is 0 Å². The molecule has 0 fully saturated rings. The number of halogens is 1. The van der Waals surface area contributed by atoms with E-state index in [1.165, 1.54) is 13.2 Å². The highest BCUT2D eigenvalue weighted by atomic mass is 19.1. The Morgan fingerprint density at radius 3 is 2.68 bits per heavy atom. The number of hydrogen-bond donors (Lipinski definition) is 1. The molecule has 5 heteroatoms. The monoisotopic (exact) mass is 269 g/mol. The van der Waals surface area contributed by atoms with Crippen LogP contribution in [0.4, 0.5) is 4.39 Å². The third kappa shape index (κ3) is 4.29. The van der Waals surface area contributed by atoms with Gasteiger partial charge in [-0.3, -0.25) is 4.79 Å². The molecule has 0 spiro atoms. The smallest absolute Gasteiger partial charge is 0.246 e. The molecule has 0 aliphatic heterocycles. The third-order valence-electron chi connectivity index (χ3n) is 2.95. The molecule has 0 aliphatic rings. The molecule has 0 bridgehead atoms. The van der Waals surface area contributed by atoms with Gasteiger partial charge in [0.25, 0.3) is 0 Å². The molecule has 1 N–H and O–H groups in total. The Balaban J connectivity index is 2.71. The highest BCUT2D eigenvalue weighted by Crippen LogP contribution is 2.26. The summed E-state index contributed by atoms with van der Waals surface area (Å²) >= 11 is 0. The van der Waals surface area contributed by atoms with E-state index in [9.17, 15) is 9.18 Å². The van der Waals surface area contributed by atoms with E-state index in [0.717, 1.165) is 0 Å². The predicted octanol–water partition coefficient (Wildman–Crippen LogP) is 1.84. The van der Waals surface area contributed by atoms with E-state index in [1.54, 1.807) is 25.1 Å². The zero-order valence-electron chi connectivity index (χ0n) is 11.5. The maximum Gasteiger partial charge on any atom is 0.246 e. The van der Waals surface area contributed by atoms with Gasteiger partial charge in [0, 0.05) is 19.3 Å². The summed E-state index contributed by atoms with van der Waals surface area (Å²) in [7, 11) is 1.49. The summed E-state index contributed by atoms with van der Waals surface area (Å²) < 4.78 is 24.1. The lowest BCUT2D eigenvalue weighted by Gasteiger charge is -2.29. The van der Waals surface area contributed by atoms with Crippen LogP contribution < -0.4 is 5.32 Å². The Labute approximate surface area is 112 Å². The number of amides is 1. The SMILES string of the molecule is CCOCC(=O)NC[C@@](C)(OC)c1ccccc1F. The van der Waals surface area contributed by atoms with Crippen LogP contribution in [-0.2, 0) is 19.9 Å². The van der Waals surface area contributed by atoms with Gasteiger partial charge in [-0.2, -0.15) is 0 Å². The molecular weight excluding hydrogens is 249 g/mol. The van der Waals surface area contributed by atoms with Crippen LogP contribution in [0.25, 0.3) is 0 Å². The van der Waals surface area contributed by atoms with Crippen molar-refractivity contribution >= 4 is 5.91 Å². The molecule has 106 valence electrons. The number of hydrogen-bond acceptors (Lipinski definition) is 3. The van der Waals surface area contributed by atoms with Gasteiger partial charge in [0.1, 0.15) is 18.0 Å². The van der Waals surface area contributed by atoms with Crippen molar-refractivity contribution < 1.29 is 18.7 Å². The third-order valence-corrected chi connectivity index (χ3v) is 2.95. The minimum Gasteiger partial charge on any atom is -0.372 e. The lowest BCUT2D eigenvalue weighted by molar-refractivity contribution is -0.127. The van der Waals surface area contributed by atoms with Crippen LogP contribution in [-0.4, -0.2) is 32.8 Å². The molecule has 0 heterocycles. The van der Waals surface area contributed by atoms with Gasteiger partial charge in [-0.25, -0.2) is 4.39 Å². The van der Waals surface area contributed by atoms with Gasteiger partial charge in [-0.05, 0) is 19.9 Å². The average Bonchev–Trinajstić information content (AvgIpc) is 2.43. The molecule has 0 unspecified atom stereocenters. The number of benzene rings is 1. The Bertz CT molecular complexity index is 425. The molecule has 0 radical (unpaired) electrons. The van der Waals surface area contributed by atoms with E-state index in [2.05, 4.69) is 5.32 Å². The fourth-order valence-corrected chi connectivity index (χ4v) is 1.68. The average molecular weight is 269 g/mol. The maximum atomic E-state index is 13.8. The molecule has 1 amide bonds. The molecule has 1 aromatic carbocycles. The number of carbonyl (C=O) groups excluding carboxylic acids is 1. The summed E-state index contributed by atoms with van der Waals surface area (Å²) in [4.78, 5) is 11.5.